The highest BCUT2D eigenvalue weighted by molar-refractivity contribution is 7.90. The standard InChI is InChI=1S/C18H16N2O4S2/c1-12-3-9-15(10-4-12)26(22,23)20-17(21)16-11-25-18(19-16)13-5-7-14(24-2)8-6-13/h3-11H,1-2H3,(H,20,21). The number of hydrogen-bond acceptors (Lipinski definition) is 6. The van der Waals surface area contributed by atoms with Gasteiger partial charge < -0.3 is 4.74 Å². The number of aromatic nitrogens is 1. The molecule has 0 aliphatic heterocycles. The van der Waals surface area contributed by atoms with Crippen molar-refractivity contribution >= 4 is 27.3 Å². The van der Waals surface area contributed by atoms with Gasteiger partial charge in [-0.05, 0) is 43.3 Å². The van der Waals surface area contributed by atoms with Crippen molar-refractivity contribution in [2.45, 2.75) is 11.8 Å². The molecule has 0 bridgehead atoms. The molecule has 1 N–H and O–H groups in total. The van der Waals surface area contributed by atoms with Gasteiger partial charge in [0.25, 0.3) is 15.9 Å². The van der Waals surface area contributed by atoms with Gasteiger partial charge >= 0.3 is 0 Å². The predicted molar refractivity (Wildman–Crippen MR) is 99.9 cm³/mol. The molecular formula is C18H16N2O4S2. The van der Waals surface area contributed by atoms with Gasteiger partial charge in [-0.1, -0.05) is 17.7 Å². The average molecular weight is 388 g/mol. The van der Waals surface area contributed by atoms with Crippen molar-refractivity contribution in [3.8, 4) is 16.3 Å². The first-order chi connectivity index (χ1) is 12.4. The van der Waals surface area contributed by atoms with Crippen LogP contribution in [0.2, 0.25) is 0 Å². The third kappa shape index (κ3) is 3.92. The number of carbonyl (C=O) groups is 1. The second-order valence-corrected chi connectivity index (χ2v) is 8.05. The topological polar surface area (TPSA) is 85.4 Å². The summed E-state index contributed by atoms with van der Waals surface area (Å²) in [5, 5.41) is 2.14. The van der Waals surface area contributed by atoms with E-state index in [1.807, 2.05) is 23.8 Å². The van der Waals surface area contributed by atoms with Crippen LogP contribution in [-0.4, -0.2) is 26.4 Å². The monoisotopic (exact) mass is 388 g/mol. The van der Waals surface area contributed by atoms with Crippen molar-refractivity contribution in [2.24, 2.45) is 0 Å². The number of benzene rings is 2. The minimum absolute atomic E-state index is 0.0297. The van der Waals surface area contributed by atoms with Crippen LogP contribution < -0.4 is 9.46 Å². The maximum atomic E-state index is 12.3. The highest BCUT2D eigenvalue weighted by Crippen LogP contribution is 2.25. The number of rotatable bonds is 5. The third-order valence-electron chi connectivity index (χ3n) is 3.63. The van der Waals surface area contributed by atoms with Gasteiger partial charge in [0.1, 0.15) is 16.5 Å². The Labute approximate surface area is 155 Å². The Morgan fingerprint density at radius 2 is 1.73 bits per heavy atom. The zero-order chi connectivity index (χ0) is 18.7. The normalized spacial score (nSPS) is 11.2. The lowest BCUT2D eigenvalue weighted by Gasteiger charge is -2.05. The van der Waals surface area contributed by atoms with Crippen LogP contribution in [0.15, 0.2) is 58.8 Å². The summed E-state index contributed by atoms with van der Waals surface area (Å²) < 4.78 is 31.8. The van der Waals surface area contributed by atoms with E-state index in [0.717, 1.165) is 11.1 Å². The molecule has 0 aliphatic rings. The van der Waals surface area contributed by atoms with E-state index in [0.29, 0.717) is 10.8 Å². The van der Waals surface area contributed by atoms with Crippen molar-refractivity contribution in [3.05, 3.63) is 65.2 Å². The number of amides is 1. The lowest BCUT2D eigenvalue weighted by atomic mass is 10.2. The molecule has 0 atom stereocenters. The lowest BCUT2D eigenvalue weighted by Crippen LogP contribution is -2.30. The number of aryl methyl sites for hydroxylation is 1. The maximum Gasteiger partial charge on any atom is 0.284 e. The average Bonchev–Trinajstić information content (AvgIpc) is 3.12. The fourth-order valence-electron chi connectivity index (χ4n) is 2.19. The molecule has 3 rings (SSSR count). The molecule has 0 fully saturated rings. The van der Waals surface area contributed by atoms with E-state index in [1.165, 1.54) is 28.8 Å². The second-order valence-electron chi connectivity index (χ2n) is 5.51. The van der Waals surface area contributed by atoms with Crippen LogP contribution in [0, 0.1) is 6.92 Å². The van der Waals surface area contributed by atoms with E-state index in [-0.39, 0.29) is 10.6 Å². The number of hydrogen-bond donors (Lipinski definition) is 1. The Bertz CT molecular complexity index is 1020. The van der Waals surface area contributed by atoms with Gasteiger partial charge in [-0.25, -0.2) is 18.1 Å². The summed E-state index contributed by atoms with van der Waals surface area (Å²) >= 11 is 1.26. The van der Waals surface area contributed by atoms with E-state index < -0.39 is 15.9 Å². The second kappa shape index (κ2) is 7.27. The van der Waals surface area contributed by atoms with Crippen LogP contribution in [0.25, 0.3) is 10.6 Å². The summed E-state index contributed by atoms with van der Waals surface area (Å²) in [7, 11) is -2.36. The van der Waals surface area contributed by atoms with Crippen molar-refractivity contribution < 1.29 is 17.9 Å². The van der Waals surface area contributed by atoms with Crippen LogP contribution in [0.1, 0.15) is 16.1 Å². The fourth-order valence-corrected chi connectivity index (χ4v) is 3.96. The molecule has 0 saturated carbocycles. The number of nitrogens with zero attached hydrogens (tertiary/aromatic N) is 1. The van der Waals surface area contributed by atoms with E-state index in [2.05, 4.69) is 4.98 Å². The molecular weight excluding hydrogens is 372 g/mol. The summed E-state index contributed by atoms with van der Waals surface area (Å²) in [6.45, 7) is 1.85. The molecule has 0 unspecified atom stereocenters. The Morgan fingerprint density at radius 3 is 2.35 bits per heavy atom. The SMILES string of the molecule is COc1ccc(-c2nc(C(=O)NS(=O)(=O)c3ccc(C)cc3)cs2)cc1. The molecule has 1 amide bonds. The van der Waals surface area contributed by atoms with Crippen molar-refractivity contribution in [1.29, 1.82) is 0 Å². The Kier molecular flexibility index (Phi) is 5.06. The zero-order valence-electron chi connectivity index (χ0n) is 14.1. The number of ether oxygens (including phenoxy) is 1. The first kappa shape index (κ1) is 18.1. The van der Waals surface area contributed by atoms with Crippen molar-refractivity contribution in [1.82, 2.24) is 9.71 Å². The van der Waals surface area contributed by atoms with Gasteiger partial charge in [0.2, 0.25) is 0 Å². The van der Waals surface area contributed by atoms with Gasteiger partial charge in [-0.2, -0.15) is 0 Å². The largest absolute Gasteiger partial charge is 0.497 e. The van der Waals surface area contributed by atoms with Crippen molar-refractivity contribution in [2.75, 3.05) is 7.11 Å². The smallest absolute Gasteiger partial charge is 0.284 e. The van der Waals surface area contributed by atoms with Gasteiger partial charge in [0, 0.05) is 10.9 Å². The molecule has 0 radical (unpaired) electrons. The van der Waals surface area contributed by atoms with Crippen molar-refractivity contribution in [3.63, 3.8) is 0 Å². The molecule has 3 aromatic rings. The number of thiazole rings is 1. The van der Waals surface area contributed by atoms with Gasteiger partial charge in [-0.3, -0.25) is 4.79 Å². The van der Waals surface area contributed by atoms with Gasteiger partial charge in [0.05, 0.1) is 12.0 Å². The molecule has 26 heavy (non-hydrogen) atoms. The molecule has 0 aliphatic carbocycles. The predicted octanol–water partition coefficient (Wildman–Crippen LogP) is 3.25. The number of sulfonamides is 1. The quantitative estimate of drug-likeness (QED) is 0.725. The van der Waals surface area contributed by atoms with E-state index in [1.54, 1.807) is 31.4 Å². The number of nitrogens with one attached hydrogen (secondary N) is 1. The van der Waals surface area contributed by atoms with E-state index in [4.69, 9.17) is 4.74 Å². The molecule has 0 saturated heterocycles. The van der Waals surface area contributed by atoms with Crippen LogP contribution >= 0.6 is 11.3 Å². The minimum Gasteiger partial charge on any atom is -0.497 e. The summed E-state index contributed by atoms with van der Waals surface area (Å²) in [4.78, 5) is 16.5. The first-order valence-electron chi connectivity index (χ1n) is 7.63. The Hall–Kier alpha value is -2.71. The van der Waals surface area contributed by atoms with Crippen LogP contribution in [0.5, 0.6) is 5.75 Å². The highest BCUT2D eigenvalue weighted by atomic mass is 32.2. The Morgan fingerprint density at radius 1 is 1.08 bits per heavy atom. The summed E-state index contributed by atoms with van der Waals surface area (Å²) in [6.07, 6.45) is 0. The molecule has 6 nitrogen and oxygen atoms in total. The number of methoxy groups -OCH3 is 1. The van der Waals surface area contributed by atoms with Crippen LogP contribution in [0.3, 0.4) is 0 Å². The summed E-state index contributed by atoms with van der Waals surface area (Å²) in [6, 6.07) is 13.5. The zero-order valence-corrected chi connectivity index (χ0v) is 15.7. The molecule has 2 aromatic carbocycles. The first-order valence-corrected chi connectivity index (χ1v) is 9.99. The van der Waals surface area contributed by atoms with Crippen LogP contribution in [-0.2, 0) is 10.0 Å². The molecule has 1 heterocycles. The minimum atomic E-state index is -3.94. The summed E-state index contributed by atoms with van der Waals surface area (Å²) in [5.41, 5.74) is 1.80. The summed E-state index contributed by atoms with van der Waals surface area (Å²) in [5.74, 6) is -0.0472. The van der Waals surface area contributed by atoms with Gasteiger partial charge in [-0.15, -0.1) is 11.3 Å². The number of carbonyl (C=O) groups excluding carboxylic acids is 1. The molecule has 134 valence electrons. The highest BCUT2D eigenvalue weighted by Gasteiger charge is 2.20. The molecule has 0 spiro atoms. The Balaban J connectivity index is 1.78. The lowest BCUT2D eigenvalue weighted by molar-refractivity contribution is 0.0977. The van der Waals surface area contributed by atoms with E-state index in [9.17, 15) is 13.2 Å². The third-order valence-corrected chi connectivity index (χ3v) is 5.87. The molecule has 1 aromatic heterocycles. The fraction of sp³-hybridized carbons (Fsp3) is 0.111. The van der Waals surface area contributed by atoms with Gasteiger partial charge in [0.15, 0.2) is 0 Å². The van der Waals surface area contributed by atoms with E-state index >= 15 is 0 Å². The maximum absolute atomic E-state index is 12.3. The molecule has 8 heteroatoms. The van der Waals surface area contributed by atoms with Crippen LogP contribution in [0.4, 0.5) is 0 Å².